The molecule has 1 atom stereocenters. The van der Waals surface area contributed by atoms with Crippen molar-refractivity contribution in [2.75, 3.05) is 5.33 Å². The van der Waals surface area contributed by atoms with E-state index in [1.807, 2.05) is 0 Å². The molecule has 0 aliphatic rings. The average molecular weight is 273 g/mol. The molecule has 1 aromatic rings. The van der Waals surface area contributed by atoms with E-state index >= 15 is 0 Å². The van der Waals surface area contributed by atoms with Crippen LogP contribution in [0.5, 0.6) is 0 Å². The molecule has 6 heteroatoms. The van der Waals surface area contributed by atoms with E-state index < -0.39 is 34.9 Å². The summed E-state index contributed by atoms with van der Waals surface area (Å²) < 4.78 is 50.6. The van der Waals surface area contributed by atoms with Gasteiger partial charge in [0.2, 0.25) is 0 Å². The van der Waals surface area contributed by atoms with Crippen molar-refractivity contribution in [3.63, 3.8) is 0 Å². The fraction of sp³-hybridized carbons (Fsp3) is 0.250. The molecule has 0 heterocycles. The Morgan fingerprint density at radius 3 is 2.21 bits per heavy atom. The summed E-state index contributed by atoms with van der Waals surface area (Å²) >= 11 is 2.80. The Hall–Kier alpha value is -0.620. The first-order valence-corrected chi connectivity index (χ1v) is 4.68. The van der Waals surface area contributed by atoms with Crippen molar-refractivity contribution < 1.29 is 22.7 Å². The fourth-order valence-corrected chi connectivity index (χ4v) is 1.27. The topological polar surface area (TPSA) is 20.2 Å². The molecule has 14 heavy (non-hydrogen) atoms. The molecule has 0 saturated heterocycles. The number of aliphatic hydroxyl groups excluding tert-OH is 1. The highest BCUT2D eigenvalue weighted by molar-refractivity contribution is 9.09. The van der Waals surface area contributed by atoms with Gasteiger partial charge in [0.05, 0.1) is 6.10 Å². The van der Waals surface area contributed by atoms with Crippen LogP contribution in [-0.4, -0.2) is 10.4 Å². The van der Waals surface area contributed by atoms with Crippen LogP contribution in [0.3, 0.4) is 0 Å². The number of halogens is 5. The summed E-state index contributed by atoms with van der Waals surface area (Å²) in [6.07, 6.45) is -1.42. The number of hydrogen-bond acceptors (Lipinski definition) is 1. The molecule has 0 aliphatic carbocycles. The summed E-state index contributed by atoms with van der Waals surface area (Å²) in [4.78, 5) is 0. The summed E-state index contributed by atoms with van der Waals surface area (Å²) in [6, 6.07) is 0.430. The largest absolute Gasteiger partial charge is 0.387 e. The molecule has 0 bridgehead atoms. The van der Waals surface area contributed by atoms with Gasteiger partial charge in [-0.25, -0.2) is 17.6 Å². The van der Waals surface area contributed by atoms with Crippen LogP contribution >= 0.6 is 15.9 Å². The minimum Gasteiger partial charge on any atom is -0.387 e. The second-order valence-corrected chi connectivity index (χ2v) is 3.21. The van der Waals surface area contributed by atoms with E-state index in [0.717, 1.165) is 0 Å². The predicted octanol–water partition coefficient (Wildman–Crippen LogP) is 2.67. The van der Waals surface area contributed by atoms with Crippen LogP contribution in [0.25, 0.3) is 0 Å². The molecule has 0 aliphatic heterocycles. The number of rotatable bonds is 2. The molecule has 78 valence electrons. The van der Waals surface area contributed by atoms with Crippen LogP contribution in [0.2, 0.25) is 0 Å². The molecule has 0 aromatic heterocycles. The summed E-state index contributed by atoms with van der Waals surface area (Å²) in [5, 5.41) is 9.00. The Morgan fingerprint density at radius 1 is 1.14 bits per heavy atom. The Kier molecular flexibility index (Phi) is 3.49. The molecule has 0 saturated carbocycles. The van der Waals surface area contributed by atoms with Crippen LogP contribution in [0.15, 0.2) is 6.07 Å². The molecule has 0 radical (unpaired) electrons. The van der Waals surface area contributed by atoms with E-state index in [2.05, 4.69) is 15.9 Å². The third-order valence-electron chi connectivity index (χ3n) is 1.64. The monoisotopic (exact) mass is 272 g/mol. The van der Waals surface area contributed by atoms with Gasteiger partial charge in [0.1, 0.15) is 0 Å². The maximum absolute atomic E-state index is 12.9. The second kappa shape index (κ2) is 4.27. The van der Waals surface area contributed by atoms with Crippen molar-refractivity contribution in [3.8, 4) is 0 Å². The lowest BCUT2D eigenvalue weighted by Crippen LogP contribution is -2.07. The van der Waals surface area contributed by atoms with E-state index in [1.54, 1.807) is 0 Å². The van der Waals surface area contributed by atoms with Gasteiger partial charge < -0.3 is 5.11 Å². The highest BCUT2D eigenvalue weighted by Crippen LogP contribution is 2.24. The van der Waals surface area contributed by atoms with Gasteiger partial charge in [0, 0.05) is 10.9 Å². The predicted molar refractivity (Wildman–Crippen MR) is 45.0 cm³/mol. The molecule has 1 aromatic carbocycles. The van der Waals surface area contributed by atoms with Crippen LogP contribution in [0, 0.1) is 23.3 Å². The van der Waals surface area contributed by atoms with Crippen molar-refractivity contribution in [1.29, 1.82) is 0 Å². The SMILES string of the molecule is OC(CBr)c1cc(F)c(F)c(F)c1F. The quantitative estimate of drug-likeness (QED) is 0.380. The second-order valence-electron chi connectivity index (χ2n) is 2.56. The maximum atomic E-state index is 12.9. The van der Waals surface area contributed by atoms with Gasteiger partial charge in [-0.2, -0.15) is 0 Å². The number of hydrogen-bond donors (Lipinski definition) is 1. The Bertz CT molecular complexity index is 356. The minimum atomic E-state index is -1.92. The highest BCUT2D eigenvalue weighted by atomic mass is 79.9. The van der Waals surface area contributed by atoms with E-state index in [9.17, 15) is 17.6 Å². The summed E-state index contributed by atoms with van der Waals surface area (Å²) in [6.45, 7) is 0. The third-order valence-corrected chi connectivity index (χ3v) is 2.25. The number of aliphatic hydroxyl groups is 1. The zero-order valence-corrected chi connectivity index (χ0v) is 8.28. The van der Waals surface area contributed by atoms with Gasteiger partial charge in [-0.3, -0.25) is 0 Å². The number of benzene rings is 1. The van der Waals surface area contributed by atoms with Crippen LogP contribution in [0.4, 0.5) is 17.6 Å². The molecule has 0 spiro atoms. The molecule has 0 amide bonds. The van der Waals surface area contributed by atoms with Crippen molar-refractivity contribution >= 4 is 15.9 Å². The first-order valence-electron chi connectivity index (χ1n) is 3.56. The molecule has 1 unspecified atom stereocenters. The van der Waals surface area contributed by atoms with Gasteiger partial charge in [-0.05, 0) is 6.07 Å². The summed E-state index contributed by atoms with van der Waals surface area (Å²) in [7, 11) is 0. The van der Waals surface area contributed by atoms with E-state index in [-0.39, 0.29) is 5.33 Å². The fourth-order valence-electron chi connectivity index (χ4n) is 0.917. The lowest BCUT2D eigenvalue weighted by Gasteiger charge is -2.09. The zero-order chi connectivity index (χ0) is 10.9. The zero-order valence-electron chi connectivity index (χ0n) is 6.70. The smallest absolute Gasteiger partial charge is 0.197 e. The van der Waals surface area contributed by atoms with Crippen molar-refractivity contribution in [2.24, 2.45) is 0 Å². The van der Waals surface area contributed by atoms with E-state index in [0.29, 0.717) is 6.07 Å². The number of alkyl halides is 1. The van der Waals surface area contributed by atoms with Gasteiger partial charge in [0.15, 0.2) is 23.3 Å². The van der Waals surface area contributed by atoms with Crippen molar-refractivity contribution in [2.45, 2.75) is 6.10 Å². The lowest BCUT2D eigenvalue weighted by molar-refractivity contribution is 0.197. The van der Waals surface area contributed by atoms with Crippen LogP contribution in [-0.2, 0) is 0 Å². The molecule has 1 rings (SSSR count). The van der Waals surface area contributed by atoms with Crippen molar-refractivity contribution in [1.82, 2.24) is 0 Å². The lowest BCUT2D eigenvalue weighted by atomic mass is 10.1. The molecule has 1 nitrogen and oxygen atoms in total. The van der Waals surface area contributed by atoms with Gasteiger partial charge >= 0.3 is 0 Å². The maximum Gasteiger partial charge on any atom is 0.197 e. The average Bonchev–Trinajstić information content (AvgIpc) is 2.19. The molecule has 1 N–H and O–H groups in total. The minimum absolute atomic E-state index is 0.103. The first kappa shape index (κ1) is 11.5. The molecule has 0 fully saturated rings. The van der Waals surface area contributed by atoms with Crippen LogP contribution in [0.1, 0.15) is 11.7 Å². The van der Waals surface area contributed by atoms with E-state index in [1.165, 1.54) is 0 Å². The Labute approximate surface area is 85.5 Å². The third kappa shape index (κ3) is 1.90. The van der Waals surface area contributed by atoms with Gasteiger partial charge in [-0.15, -0.1) is 0 Å². The van der Waals surface area contributed by atoms with Crippen molar-refractivity contribution in [3.05, 3.63) is 34.9 Å². The summed E-state index contributed by atoms with van der Waals surface area (Å²) in [5.41, 5.74) is -0.613. The summed E-state index contributed by atoms with van der Waals surface area (Å²) in [5.74, 6) is -6.90. The molecular formula is C8H5BrF4O. The standard InChI is InChI=1S/C8H5BrF4O/c9-2-5(14)3-1-4(10)7(12)8(13)6(3)11/h1,5,14H,2H2. The Balaban J connectivity index is 3.33. The normalized spacial score (nSPS) is 13.0. The van der Waals surface area contributed by atoms with Gasteiger partial charge in [-0.1, -0.05) is 15.9 Å². The van der Waals surface area contributed by atoms with Crippen LogP contribution < -0.4 is 0 Å². The van der Waals surface area contributed by atoms with Gasteiger partial charge in [0.25, 0.3) is 0 Å². The van der Waals surface area contributed by atoms with E-state index in [4.69, 9.17) is 5.11 Å². The molecular weight excluding hydrogens is 268 g/mol. The highest BCUT2D eigenvalue weighted by Gasteiger charge is 2.22. The Morgan fingerprint density at radius 2 is 1.71 bits per heavy atom. The first-order chi connectivity index (χ1) is 6.49.